The third-order valence-electron chi connectivity index (χ3n) is 7.94. The molecule has 57 heavy (non-hydrogen) atoms. The highest BCUT2D eigenvalue weighted by molar-refractivity contribution is 8.14. The van der Waals surface area contributed by atoms with E-state index in [0.717, 1.165) is 47.4 Å². The van der Waals surface area contributed by atoms with Crippen molar-refractivity contribution >= 4 is 69.1 Å². The second-order valence-electron chi connectivity index (χ2n) is 13.0. The fraction of sp³-hybridized carbons (Fsp3) is 0.655. The van der Waals surface area contributed by atoms with Crippen LogP contribution in [0.1, 0.15) is 59.6 Å². The van der Waals surface area contributed by atoms with Crippen molar-refractivity contribution in [1.29, 1.82) is 0 Å². The average Bonchev–Trinajstić information content (AvgIpc) is 3.67. The van der Waals surface area contributed by atoms with Gasteiger partial charge in [0, 0.05) is 36.3 Å². The summed E-state index contributed by atoms with van der Waals surface area (Å²) in [5, 5.41) is 26.2. The molecule has 3 heterocycles. The summed E-state index contributed by atoms with van der Waals surface area (Å²) in [6, 6.07) is 0. The van der Waals surface area contributed by atoms with E-state index >= 15 is 0 Å². The summed E-state index contributed by atoms with van der Waals surface area (Å²) < 4.78 is 60.5. The number of carbonyl (C=O) groups excluding carboxylic acids is 3. The molecule has 2 aromatic heterocycles. The molecule has 0 radical (unpaired) electrons. The number of thioether (sulfide) groups is 1. The Morgan fingerprint density at radius 2 is 1.75 bits per heavy atom. The predicted molar refractivity (Wildman–Crippen MR) is 192 cm³/mol. The number of allylic oxidation sites excluding steroid dienone is 1. The Balaban J connectivity index is 1.49. The topological polar surface area (TPSA) is 375 Å². The number of aliphatic hydroxyl groups is 2. The summed E-state index contributed by atoms with van der Waals surface area (Å²) in [7, 11) is -17.6. The van der Waals surface area contributed by atoms with Gasteiger partial charge in [0.2, 0.25) is 16.9 Å². The third kappa shape index (κ3) is 14.8. The summed E-state index contributed by atoms with van der Waals surface area (Å²) in [6.07, 6.45) is -3.49. The van der Waals surface area contributed by atoms with Crippen molar-refractivity contribution in [1.82, 2.24) is 30.2 Å². The smallest absolute Gasteiger partial charge is 0.274 e. The van der Waals surface area contributed by atoms with Gasteiger partial charge in [-0.3, -0.25) is 28.1 Å². The molecule has 6 N–H and O–H groups in total. The molecule has 2 aromatic rings. The van der Waals surface area contributed by atoms with Crippen molar-refractivity contribution < 1.29 is 80.5 Å². The number of aliphatic hydroxyl groups excluding tert-OH is 2. The lowest BCUT2D eigenvalue weighted by atomic mass is 9.87. The Morgan fingerprint density at radius 1 is 1.07 bits per heavy atom. The van der Waals surface area contributed by atoms with Gasteiger partial charge >= 0.3 is 0 Å². The molecular weight excluding hydrogens is 843 g/mol. The minimum atomic E-state index is -5.91. The van der Waals surface area contributed by atoms with Gasteiger partial charge in [-0.2, -0.15) is 0 Å². The van der Waals surface area contributed by atoms with Crippen LogP contribution >= 0.6 is 35.2 Å². The molecule has 2 amide bonds. The highest BCUT2D eigenvalue weighted by Crippen LogP contribution is 2.56. The van der Waals surface area contributed by atoms with Crippen molar-refractivity contribution in [2.75, 3.05) is 37.8 Å². The number of anilines is 1. The fourth-order valence-electron chi connectivity index (χ4n) is 5.15. The molecule has 3 rings (SSSR count). The maximum atomic E-state index is 12.6. The van der Waals surface area contributed by atoms with E-state index in [0.29, 0.717) is 12.2 Å². The van der Waals surface area contributed by atoms with Crippen molar-refractivity contribution in [3.05, 3.63) is 24.3 Å². The number of carbonyl (C=O) groups is 3. The van der Waals surface area contributed by atoms with Crippen LogP contribution in [0.5, 0.6) is 0 Å². The molecule has 0 aromatic carbocycles. The van der Waals surface area contributed by atoms with Crippen molar-refractivity contribution in [3.8, 4) is 0 Å². The maximum absolute atomic E-state index is 12.6. The normalized spacial score (nSPS) is 21.8. The highest BCUT2D eigenvalue weighted by Gasteiger charge is 2.47. The van der Waals surface area contributed by atoms with Crippen LogP contribution in [0.25, 0.3) is 11.2 Å². The molecule has 7 atom stereocenters. The molecule has 0 aliphatic carbocycles. The van der Waals surface area contributed by atoms with Crippen LogP contribution in [0.15, 0.2) is 24.3 Å². The SMILES string of the molecule is CC/C=C(\CCC)C(=O)SCCNC(=O)CCNC(=O)[C@H](O)C(C)(C)COP(=O)([O-])OP(=O)([O-])OC[C@H]1O[C@@H](n2cnc3c(N)ncnc32)[C@H](O)[C@@H]1OP(=O)([O-])[O-]. The summed E-state index contributed by atoms with van der Waals surface area (Å²) in [6.45, 7) is 4.00. The number of fused-ring (bicyclic) bond motifs is 1. The Labute approximate surface area is 330 Å². The Morgan fingerprint density at radius 3 is 2.40 bits per heavy atom. The van der Waals surface area contributed by atoms with Gasteiger partial charge < -0.3 is 69.0 Å². The number of imidazole rings is 1. The number of phosphoric ester groups is 3. The van der Waals surface area contributed by atoms with E-state index in [4.69, 9.17) is 10.5 Å². The molecule has 322 valence electrons. The number of amides is 2. The Bertz CT molecular complexity index is 1900. The number of nitrogens with two attached hydrogens (primary N) is 1. The van der Waals surface area contributed by atoms with Gasteiger partial charge in [0.1, 0.15) is 36.3 Å². The number of ether oxygens (including phenoxy) is 1. The molecule has 0 spiro atoms. The lowest BCUT2D eigenvalue weighted by Crippen LogP contribution is -2.46. The first kappa shape index (κ1) is 48.7. The number of hydrogen-bond donors (Lipinski definition) is 5. The number of phosphoric acid groups is 3. The van der Waals surface area contributed by atoms with E-state index < -0.39 is 84.6 Å². The van der Waals surface area contributed by atoms with Gasteiger partial charge in [-0.15, -0.1) is 0 Å². The van der Waals surface area contributed by atoms with Crippen LogP contribution in [-0.2, 0) is 50.7 Å². The van der Waals surface area contributed by atoms with Crippen LogP contribution in [-0.4, -0.2) is 103 Å². The van der Waals surface area contributed by atoms with Crippen LogP contribution in [0.4, 0.5) is 5.82 Å². The molecule has 1 aliphatic rings. The number of hydrogen-bond acceptors (Lipinski definition) is 22. The van der Waals surface area contributed by atoms with E-state index in [1.807, 2.05) is 19.9 Å². The van der Waals surface area contributed by atoms with Crippen LogP contribution < -0.4 is 35.9 Å². The first-order valence-electron chi connectivity index (χ1n) is 17.2. The minimum absolute atomic E-state index is 0.0210. The Kier molecular flexibility index (Phi) is 17.9. The molecular formula is C29H44N7O17P3S-4. The van der Waals surface area contributed by atoms with Gasteiger partial charge in [0.25, 0.3) is 15.6 Å². The van der Waals surface area contributed by atoms with Gasteiger partial charge in [-0.05, 0) is 12.8 Å². The standard InChI is InChI=1S/C29H48N7O17P3S/c1-5-7-17(8-6-2)28(41)57-12-11-31-19(37)9-10-32-26(40)23(39)29(3,4)14-50-56(47,48)53-55(45,46)49-13-18-22(52-54(42,43)44)21(38)27(51-18)36-16-35-20-24(30)33-15-34-25(20)36/h7,15-16,18,21-23,27,38-39H,5-6,8-14H2,1-4H3,(H,31,37)(H,32,40)(H,45,46)(H,47,48)(H2,30,33,34)(H2,42,43,44)/p-4/b17-7+/t18-,21-,22-,23+,27-/m1/s1. The fourth-order valence-corrected chi connectivity index (χ4v) is 8.64. The number of nitrogens with one attached hydrogen (secondary N) is 2. The average molecular weight is 888 g/mol. The van der Waals surface area contributed by atoms with Gasteiger partial charge in [0.05, 0.1) is 27.4 Å². The first-order chi connectivity index (χ1) is 26.5. The Hall–Kier alpha value is -2.70. The van der Waals surface area contributed by atoms with E-state index in [-0.39, 0.29) is 41.6 Å². The number of nitrogen functional groups attached to an aromatic ring is 1. The molecule has 1 aliphatic heterocycles. The predicted octanol–water partition coefficient (Wildman–Crippen LogP) is -1.73. The highest BCUT2D eigenvalue weighted by atomic mass is 32.2. The van der Waals surface area contributed by atoms with E-state index in [2.05, 4.69) is 43.5 Å². The summed E-state index contributed by atoms with van der Waals surface area (Å²) in [4.78, 5) is 96.5. The minimum Gasteiger partial charge on any atom is -0.790 e. The van der Waals surface area contributed by atoms with Crippen LogP contribution in [0.2, 0.25) is 0 Å². The molecule has 0 saturated carbocycles. The van der Waals surface area contributed by atoms with Crippen molar-refractivity contribution in [3.63, 3.8) is 0 Å². The van der Waals surface area contributed by atoms with Gasteiger partial charge in [-0.1, -0.05) is 52.0 Å². The molecule has 0 bridgehead atoms. The summed E-state index contributed by atoms with van der Waals surface area (Å²) in [5.41, 5.74) is 4.80. The first-order valence-corrected chi connectivity index (χ1v) is 22.6. The van der Waals surface area contributed by atoms with Crippen LogP contribution in [0.3, 0.4) is 0 Å². The third-order valence-corrected chi connectivity index (χ3v) is 11.9. The van der Waals surface area contributed by atoms with Crippen molar-refractivity contribution in [2.24, 2.45) is 5.41 Å². The zero-order valence-corrected chi connectivity index (χ0v) is 34.6. The zero-order chi connectivity index (χ0) is 42.8. The van der Waals surface area contributed by atoms with E-state index in [1.54, 1.807) is 0 Å². The molecule has 24 nitrogen and oxygen atoms in total. The number of aromatic nitrogens is 4. The lowest BCUT2D eigenvalue weighted by molar-refractivity contribution is -0.347. The second-order valence-corrected chi connectivity index (χ2v) is 18.1. The molecule has 1 fully saturated rings. The van der Waals surface area contributed by atoms with Crippen LogP contribution in [0, 0.1) is 5.41 Å². The quantitative estimate of drug-likeness (QED) is 0.0470. The lowest BCUT2D eigenvalue weighted by Gasteiger charge is -2.36. The maximum Gasteiger partial charge on any atom is 0.274 e. The number of rotatable bonds is 23. The molecule has 2 unspecified atom stereocenters. The number of nitrogens with zero attached hydrogens (tertiary/aromatic N) is 4. The largest absolute Gasteiger partial charge is 0.790 e. The van der Waals surface area contributed by atoms with Crippen molar-refractivity contribution in [2.45, 2.75) is 84.0 Å². The summed E-state index contributed by atoms with van der Waals surface area (Å²) in [5.74, 6) is -1.21. The van der Waals surface area contributed by atoms with E-state index in [1.165, 1.54) is 13.8 Å². The van der Waals surface area contributed by atoms with Gasteiger partial charge in [-0.25, -0.2) is 19.3 Å². The van der Waals surface area contributed by atoms with Gasteiger partial charge in [0.15, 0.2) is 17.7 Å². The van der Waals surface area contributed by atoms with E-state index in [9.17, 15) is 57.9 Å². The second kappa shape index (κ2) is 21.0. The molecule has 28 heteroatoms. The monoisotopic (exact) mass is 887 g/mol. The zero-order valence-electron chi connectivity index (χ0n) is 31.1. The molecule has 1 saturated heterocycles. The summed E-state index contributed by atoms with van der Waals surface area (Å²) >= 11 is 1.08.